The molecule has 0 atom stereocenters. The first-order chi connectivity index (χ1) is 13.3. The van der Waals surface area contributed by atoms with Crippen molar-refractivity contribution in [2.45, 2.75) is 6.54 Å². The fourth-order valence-corrected chi connectivity index (χ4v) is 2.63. The van der Waals surface area contributed by atoms with Crippen molar-refractivity contribution in [1.29, 1.82) is 0 Å². The molecule has 0 saturated carbocycles. The highest BCUT2D eigenvalue weighted by Gasteiger charge is 2.34. The largest absolute Gasteiger partial charge is 0.507 e. The summed E-state index contributed by atoms with van der Waals surface area (Å²) in [7, 11) is 4.90. The topological polar surface area (TPSA) is 112 Å². The summed E-state index contributed by atoms with van der Waals surface area (Å²) in [6.07, 6.45) is 1.40. The van der Waals surface area contributed by atoms with E-state index in [1.165, 1.54) is 25.3 Å². The lowest BCUT2D eigenvalue weighted by molar-refractivity contribution is -0.123. The number of carbonyl (C=O) groups is 3. The lowest BCUT2D eigenvalue weighted by atomic mass is 10.1. The number of aromatic hydroxyl groups is 1. The van der Waals surface area contributed by atoms with Crippen molar-refractivity contribution in [2.75, 3.05) is 26.1 Å². The van der Waals surface area contributed by atoms with Crippen LogP contribution < -0.4 is 10.2 Å². The summed E-state index contributed by atoms with van der Waals surface area (Å²) in [5.74, 6) is -1.01. The zero-order valence-corrected chi connectivity index (χ0v) is 15.6. The summed E-state index contributed by atoms with van der Waals surface area (Å²) in [5, 5.41) is 12.6. The normalized spacial score (nSPS) is 15.1. The van der Waals surface area contributed by atoms with Crippen LogP contribution in [0.1, 0.15) is 21.9 Å². The standard InChI is InChI=1S/C19H19N3O6/c1-21(2)12-5-4-11(15(23)9-12)8-14-17(24)22(19(26)20-14)10-13-6-7-16(28-13)18(25)27-3/h4-9,23H,10H2,1-3H3,(H,20,26). The molecule has 2 aromatic rings. The average Bonchev–Trinajstić information content (AvgIpc) is 3.23. The van der Waals surface area contributed by atoms with Gasteiger partial charge in [0.15, 0.2) is 0 Å². The third kappa shape index (κ3) is 3.68. The van der Waals surface area contributed by atoms with Crippen molar-refractivity contribution in [3.63, 3.8) is 0 Å². The number of rotatable bonds is 5. The number of phenolic OH excluding ortho intramolecular Hbond substituents is 1. The van der Waals surface area contributed by atoms with E-state index in [-0.39, 0.29) is 29.5 Å². The van der Waals surface area contributed by atoms with Gasteiger partial charge in [-0.1, -0.05) is 0 Å². The van der Waals surface area contributed by atoms with Gasteiger partial charge in [-0.2, -0.15) is 0 Å². The molecule has 1 fully saturated rings. The lowest BCUT2D eigenvalue weighted by Crippen LogP contribution is -2.30. The van der Waals surface area contributed by atoms with Gasteiger partial charge in [0.05, 0.1) is 13.7 Å². The number of nitrogens with one attached hydrogen (secondary N) is 1. The molecule has 2 heterocycles. The van der Waals surface area contributed by atoms with E-state index in [2.05, 4.69) is 10.1 Å². The van der Waals surface area contributed by atoms with Crippen molar-refractivity contribution in [3.8, 4) is 5.75 Å². The van der Waals surface area contributed by atoms with Gasteiger partial charge in [-0.05, 0) is 30.3 Å². The molecule has 146 valence electrons. The van der Waals surface area contributed by atoms with Crippen LogP contribution in [-0.4, -0.2) is 49.1 Å². The molecule has 0 aliphatic carbocycles. The molecular weight excluding hydrogens is 366 g/mol. The number of ether oxygens (including phenoxy) is 1. The summed E-state index contributed by atoms with van der Waals surface area (Å²) < 4.78 is 9.84. The third-order valence-electron chi connectivity index (χ3n) is 4.15. The van der Waals surface area contributed by atoms with E-state index in [1.54, 1.807) is 18.2 Å². The first kappa shape index (κ1) is 19.0. The van der Waals surface area contributed by atoms with Gasteiger partial charge in [0.1, 0.15) is 17.2 Å². The number of amides is 3. The fourth-order valence-electron chi connectivity index (χ4n) is 2.63. The van der Waals surface area contributed by atoms with Crippen LogP contribution in [0.2, 0.25) is 0 Å². The highest BCUT2D eigenvalue weighted by Crippen LogP contribution is 2.27. The molecule has 9 nitrogen and oxygen atoms in total. The first-order valence-electron chi connectivity index (χ1n) is 8.32. The molecule has 3 amide bonds. The highest BCUT2D eigenvalue weighted by molar-refractivity contribution is 6.14. The Morgan fingerprint density at radius 2 is 2.04 bits per heavy atom. The number of hydrogen-bond donors (Lipinski definition) is 2. The van der Waals surface area contributed by atoms with Gasteiger partial charge in [0.25, 0.3) is 5.91 Å². The minimum absolute atomic E-state index is 0.0204. The number of urea groups is 1. The van der Waals surface area contributed by atoms with Crippen molar-refractivity contribution in [2.24, 2.45) is 0 Å². The SMILES string of the molecule is COC(=O)c1ccc(CN2C(=O)NC(=Cc3ccc(N(C)C)cc3O)C2=O)o1. The van der Waals surface area contributed by atoms with E-state index in [1.807, 2.05) is 19.0 Å². The van der Waals surface area contributed by atoms with Crippen molar-refractivity contribution in [3.05, 3.63) is 53.1 Å². The zero-order chi connectivity index (χ0) is 20.4. The number of hydrogen-bond acceptors (Lipinski definition) is 7. The first-order valence-corrected chi connectivity index (χ1v) is 8.32. The third-order valence-corrected chi connectivity index (χ3v) is 4.15. The maximum absolute atomic E-state index is 12.6. The summed E-state index contributed by atoms with van der Waals surface area (Å²) in [6, 6.07) is 7.25. The van der Waals surface area contributed by atoms with Crippen LogP contribution in [0.5, 0.6) is 5.75 Å². The molecular formula is C19H19N3O6. The van der Waals surface area contributed by atoms with Crippen LogP contribution in [0.3, 0.4) is 0 Å². The van der Waals surface area contributed by atoms with Gasteiger partial charge < -0.3 is 24.5 Å². The molecule has 0 bridgehead atoms. The number of esters is 1. The summed E-state index contributed by atoms with van der Waals surface area (Å²) in [6.45, 7) is -0.148. The molecule has 0 spiro atoms. The molecule has 9 heteroatoms. The molecule has 1 aliphatic heterocycles. The number of carbonyl (C=O) groups excluding carboxylic acids is 3. The molecule has 1 saturated heterocycles. The Morgan fingerprint density at radius 3 is 2.68 bits per heavy atom. The Labute approximate surface area is 160 Å². The Bertz CT molecular complexity index is 976. The van der Waals surface area contributed by atoms with E-state index in [0.717, 1.165) is 10.6 Å². The Kier molecular flexibility index (Phi) is 5.08. The minimum atomic E-state index is -0.652. The van der Waals surface area contributed by atoms with E-state index in [0.29, 0.717) is 5.56 Å². The number of phenols is 1. The molecule has 0 radical (unpaired) electrons. The van der Waals surface area contributed by atoms with Gasteiger partial charge in [-0.3, -0.25) is 9.69 Å². The number of anilines is 1. The summed E-state index contributed by atoms with van der Waals surface area (Å²) in [4.78, 5) is 38.9. The molecule has 0 unspecified atom stereocenters. The summed E-state index contributed by atoms with van der Waals surface area (Å²) in [5.41, 5.74) is 1.21. The van der Waals surface area contributed by atoms with Crippen LogP contribution in [0.15, 0.2) is 40.4 Å². The van der Waals surface area contributed by atoms with Crippen molar-refractivity contribution in [1.82, 2.24) is 10.2 Å². The van der Waals surface area contributed by atoms with Gasteiger partial charge in [0, 0.05) is 31.4 Å². The lowest BCUT2D eigenvalue weighted by Gasteiger charge is -2.13. The van der Waals surface area contributed by atoms with Gasteiger partial charge in [0.2, 0.25) is 5.76 Å². The predicted octanol–water partition coefficient (Wildman–Crippen LogP) is 1.93. The van der Waals surface area contributed by atoms with Crippen LogP contribution in [0.4, 0.5) is 10.5 Å². The Hall–Kier alpha value is -3.75. The Balaban J connectivity index is 1.79. The maximum Gasteiger partial charge on any atom is 0.373 e. The monoisotopic (exact) mass is 385 g/mol. The summed E-state index contributed by atoms with van der Waals surface area (Å²) >= 11 is 0. The van der Waals surface area contributed by atoms with Gasteiger partial charge >= 0.3 is 12.0 Å². The second-order valence-electron chi connectivity index (χ2n) is 6.27. The smallest absolute Gasteiger partial charge is 0.373 e. The number of furan rings is 1. The van der Waals surface area contributed by atoms with Crippen LogP contribution in [0, 0.1) is 0 Å². The average molecular weight is 385 g/mol. The molecule has 1 aromatic carbocycles. The number of imide groups is 1. The van der Waals surface area contributed by atoms with E-state index in [4.69, 9.17) is 4.42 Å². The molecule has 1 aromatic heterocycles. The fraction of sp³-hybridized carbons (Fsp3) is 0.211. The van der Waals surface area contributed by atoms with Crippen LogP contribution >= 0.6 is 0 Å². The number of benzene rings is 1. The predicted molar refractivity (Wildman–Crippen MR) is 99.5 cm³/mol. The number of nitrogens with zero attached hydrogens (tertiary/aromatic N) is 2. The second-order valence-corrected chi connectivity index (χ2v) is 6.27. The Morgan fingerprint density at radius 1 is 1.29 bits per heavy atom. The van der Waals surface area contributed by atoms with Crippen molar-refractivity contribution >= 4 is 29.7 Å². The zero-order valence-electron chi connectivity index (χ0n) is 15.6. The quantitative estimate of drug-likeness (QED) is 0.459. The van der Waals surface area contributed by atoms with E-state index in [9.17, 15) is 19.5 Å². The van der Waals surface area contributed by atoms with Crippen LogP contribution in [-0.2, 0) is 16.1 Å². The molecule has 3 rings (SSSR count). The van der Waals surface area contributed by atoms with E-state index < -0.39 is 17.9 Å². The molecule has 28 heavy (non-hydrogen) atoms. The maximum atomic E-state index is 12.6. The molecule has 2 N–H and O–H groups in total. The minimum Gasteiger partial charge on any atom is -0.507 e. The van der Waals surface area contributed by atoms with E-state index >= 15 is 0 Å². The number of methoxy groups -OCH3 is 1. The van der Waals surface area contributed by atoms with Crippen molar-refractivity contribution < 1.29 is 28.6 Å². The molecule has 1 aliphatic rings. The van der Waals surface area contributed by atoms with Gasteiger partial charge in [-0.15, -0.1) is 0 Å². The highest BCUT2D eigenvalue weighted by atomic mass is 16.5. The van der Waals surface area contributed by atoms with Gasteiger partial charge in [-0.25, -0.2) is 9.59 Å². The van der Waals surface area contributed by atoms with Crippen LogP contribution in [0.25, 0.3) is 6.08 Å². The second kappa shape index (κ2) is 7.47.